The normalized spacial score (nSPS) is 17.5. The van der Waals surface area contributed by atoms with Crippen LogP contribution in [-0.4, -0.2) is 38.4 Å². The zero-order valence-corrected chi connectivity index (χ0v) is 12.4. The van der Waals surface area contributed by atoms with Crippen molar-refractivity contribution in [1.29, 1.82) is 5.26 Å². The minimum atomic E-state index is -3.47. The van der Waals surface area contributed by atoms with E-state index in [0.717, 1.165) is 37.3 Å². The molecular formula is C12H17N3O2S2. The maximum atomic E-state index is 12.6. The molecule has 0 atom stereocenters. The van der Waals surface area contributed by atoms with Crippen LogP contribution in [0.3, 0.4) is 0 Å². The standard InChI is InChI=1S/C12H17N3O2S2/c1-2-15(10-5-7-14-8-6-10)19(16,17)12-4-3-11(9-13)18-12/h3-4,10,14H,2,5-8H2,1H3. The first-order valence-electron chi connectivity index (χ1n) is 6.32. The number of nitriles is 1. The van der Waals surface area contributed by atoms with Gasteiger partial charge >= 0.3 is 0 Å². The Morgan fingerprint density at radius 3 is 2.68 bits per heavy atom. The van der Waals surface area contributed by atoms with Gasteiger partial charge in [-0.15, -0.1) is 11.3 Å². The Labute approximate surface area is 117 Å². The Balaban J connectivity index is 2.27. The van der Waals surface area contributed by atoms with E-state index in [9.17, 15) is 8.42 Å². The minimum Gasteiger partial charge on any atom is -0.317 e. The van der Waals surface area contributed by atoms with Crippen LogP contribution in [0.1, 0.15) is 24.6 Å². The van der Waals surface area contributed by atoms with Gasteiger partial charge in [-0.3, -0.25) is 0 Å². The second-order valence-electron chi connectivity index (χ2n) is 4.42. The van der Waals surface area contributed by atoms with Gasteiger partial charge in [0.1, 0.15) is 15.2 Å². The number of sulfonamides is 1. The van der Waals surface area contributed by atoms with Crippen molar-refractivity contribution in [3.8, 4) is 6.07 Å². The second kappa shape index (κ2) is 6.01. The van der Waals surface area contributed by atoms with E-state index in [4.69, 9.17) is 5.26 Å². The van der Waals surface area contributed by atoms with Crippen LogP contribution in [-0.2, 0) is 10.0 Å². The van der Waals surface area contributed by atoms with Crippen molar-refractivity contribution in [3.05, 3.63) is 17.0 Å². The SMILES string of the molecule is CCN(C1CCNCC1)S(=O)(=O)c1ccc(C#N)s1. The van der Waals surface area contributed by atoms with Crippen LogP contribution in [0.5, 0.6) is 0 Å². The topological polar surface area (TPSA) is 73.2 Å². The number of nitrogens with one attached hydrogen (secondary N) is 1. The zero-order chi connectivity index (χ0) is 13.9. The highest BCUT2D eigenvalue weighted by Crippen LogP contribution is 2.27. The van der Waals surface area contributed by atoms with Crippen molar-refractivity contribution in [3.63, 3.8) is 0 Å². The molecule has 0 aromatic carbocycles. The molecule has 2 rings (SSSR count). The van der Waals surface area contributed by atoms with Crippen molar-refractivity contribution in [2.45, 2.75) is 30.0 Å². The molecule has 1 N–H and O–H groups in total. The monoisotopic (exact) mass is 299 g/mol. The largest absolute Gasteiger partial charge is 0.317 e. The van der Waals surface area contributed by atoms with Gasteiger partial charge in [0.2, 0.25) is 0 Å². The Hall–Kier alpha value is -0.940. The molecule has 5 nitrogen and oxygen atoms in total. The first-order chi connectivity index (χ1) is 9.09. The third-order valence-electron chi connectivity index (χ3n) is 3.28. The van der Waals surface area contributed by atoms with E-state index >= 15 is 0 Å². The third-order valence-corrected chi connectivity index (χ3v) is 6.77. The van der Waals surface area contributed by atoms with Crippen LogP contribution in [0.4, 0.5) is 0 Å². The van der Waals surface area contributed by atoms with E-state index in [0.29, 0.717) is 11.4 Å². The fourth-order valence-electron chi connectivity index (χ4n) is 2.35. The predicted molar refractivity (Wildman–Crippen MR) is 74.5 cm³/mol. The molecule has 2 heterocycles. The molecule has 1 aromatic heterocycles. The lowest BCUT2D eigenvalue weighted by Gasteiger charge is -2.32. The average Bonchev–Trinajstić information content (AvgIpc) is 2.90. The molecule has 0 radical (unpaired) electrons. The van der Waals surface area contributed by atoms with E-state index in [-0.39, 0.29) is 10.3 Å². The van der Waals surface area contributed by atoms with Crippen LogP contribution < -0.4 is 5.32 Å². The summed E-state index contributed by atoms with van der Waals surface area (Å²) in [5.74, 6) is 0. The fraction of sp³-hybridized carbons (Fsp3) is 0.583. The van der Waals surface area contributed by atoms with Crippen molar-refractivity contribution >= 4 is 21.4 Å². The molecule has 0 spiro atoms. The van der Waals surface area contributed by atoms with E-state index in [1.54, 1.807) is 10.4 Å². The van der Waals surface area contributed by atoms with Crippen molar-refractivity contribution in [1.82, 2.24) is 9.62 Å². The van der Waals surface area contributed by atoms with E-state index in [2.05, 4.69) is 5.32 Å². The molecule has 1 aliphatic rings. The van der Waals surface area contributed by atoms with Gasteiger partial charge in [0.15, 0.2) is 0 Å². The number of rotatable bonds is 4. The van der Waals surface area contributed by atoms with Gasteiger partial charge in [0.25, 0.3) is 10.0 Å². The Kier molecular flexibility index (Phi) is 4.58. The number of hydrogen-bond acceptors (Lipinski definition) is 5. The van der Waals surface area contributed by atoms with Gasteiger partial charge in [0.05, 0.1) is 0 Å². The van der Waals surface area contributed by atoms with Crippen LogP contribution in [0.2, 0.25) is 0 Å². The Morgan fingerprint density at radius 2 is 2.16 bits per heavy atom. The summed E-state index contributed by atoms with van der Waals surface area (Å²) in [7, 11) is -3.47. The Morgan fingerprint density at radius 1 is 1.47 bits per heavy atom. The number of piperidine rings is 1. The first kappa shape index (κ1) is 14.5. The summed E-state index contributed by atoms with van der Waals surface area (Å²) in [5.41, 5.74) is 0. The molecule has 1 saturated heterocycles. The van der Waals surface area contributed by atoms with E-state index in [1.807, 2.05) is 13.0 Å². The van der Waals surface area contributed by atoms with Gasteiger partial charge in [-0.2, -0.15) is 9.57 Å². The van der Waals surface area contributed by atoms with Crippen LogP contribution in [0.25, 0.3) is 0 Å². The maximum absolute atomic E-state index is 12.6. The Bertz CT molecular complexity index is 568. The molecule has 7 heteroatoms. The summed E-state index contributed by atoms with van der Waals surface area (Å²) >= 11 is 1.04. The van der Waals surface area contributed by atoms with Gasteiger partial charge in [-0.05, 0) is 38.1 Å². The van der Waals surface area contributed by atoms with Crippen LogP contribution in [0.15, 0.2) is 16.3 Å². The summed E-state index contributed by atoms with van der Waals surface area (Å²) in [6.45, 7) is 4.03. The minimum absolute atomic E-state index is 0.0592. The van der Waals surface area contributed by atoms with E-state index < -0.39 is 10.0 Å². The molecule has 19 heavy (non-hydrogen) atoms. The molecule has 1 aromatic rings. The summed E-state index contributed by atoms with van der Waals surface area (Å²) in [5, 5.41) is 12.0. The number of hydrogen-bond donors (Lipinski definition) is 1. The lowest BCUT2D eigenvalue weighted by atomic mass is 10.1. The maximum Gasteiger partial charge on any atom is 0.252 e. The molecule has 0 unspecified atom stereocenters. The molecule has 1 aliphatic heterocycles. The first-order valence-corrected chi connectivity index (χ1v) is 8.57. The predicted octanol–water partition coefficient (Wildman–Crippen LogP) is 1.38. The van der Waals surface area contributed by atoms with Crippen molar-refractivity contribution < 1.29 is 8.42 Å². The highest BCUT2D eigenvalue weighted by atomic mass is 32.2. The summed E-state index contributed by atoms with van der Waals surface area (Å²) in [6, 6.07) is 5.13. The smallest absolute Gasteiger partial charge is 0.252 e. The zero-order valence-electron chi connectivity index (χ0n) is 10.8. The van der Waals surface area contributed by atoms with Crippen molar-refractivity contribution in [2.75, 3.05) is 19.6 Å². The molecular weight excluding hydrogens is 282 g/mol. The summed E-state index contributed by atoms with van der Waals surface area (Å²) in [4.78, 5) is 0.430. The molecule has 1 fully saturated rings. The summed E-state index contributed by atoms with van der Waals surface area (Å²) in [6.07, 6.45) is 1.67. The molecule has 0 bridgehead atoms. The fourth-order valence-corrected chi connectivity index (χ4v) is 5.28. The van der Waals surface area contributed by atoms with Gasteiger partial charge < -0.3 is 5.32 Å². The van der Waals surface area contributed by atoms with Gasteiger partial charge in [0, 0.05) is 12.6 Å². The highest BCUT2D eigenvalue weighted by Gasteiger charge is 2.32. The van der Waals surface area contributed by atoms with Gasteiger partial charge in [-0.25, -0.2) is 8.42 Å². The van der Waals surface area contributed by atoms with Gasteiger partial charge in [-0.1, -0.05) is 6.92 Å². The lowest BCUT2D eigenvalue weighted by molar-refractivity contribution is 0.271. The molecule has 0 amide bonds. The number of nitrogens with zero attached hydrogens (tertiary/aromatic N) is 2. The molecule has 0 saturated carbocycles. The van der Waals surface area contributed by atoms with Crippen LogP contribution >= 0.6 is 11.3 Å². The van der Waals surface area contributed by atoms with Crippen LogP contribution in [0, 0.1) is 11.3 Å². The molecule has 0 aliphatic carbocycles. The quantitative estimate of drug-likeness (QED) is 0.911. The average molecular weight is 299 g/mol. The van der Waals surface area contributed by atoms with Crippen molar-refractivity contribution in [2.24, 2.45) is 0 Å². The number of thiophene rings is 1. The second-order valence-corrected chi connectivity index (χ2v) is 7.62. The highest BCUT2D eigenvalue weighted by molar-refractivity contribution is 7.91. The third kappa shape index (κ3) is 2.98. The summed E-state index contributed by atoms with van der Waals surface area (Å²) < 4.78 is 27.0. The molecule has 104 valence electrons. The van der Waals surface area contributed by atoms with E-state index in [1.165, 1.54) is 6.07 Å². The lowest BCUT2D eigenvalue weighted by Crippen LogP contribution is -2.45.